The van der Waals surface area contributed by atoms with Gasteiger partial charge in [-0.05, 0) is 24.4 Å². The number of nitrogens with one attached hydrogen (secondary N) is 3. The molecule has 0 unspecified atom stereocenters. The normalized spacial score (nSPS) is 12.7. The number of para-hydroxylation sites is 1. The first-order chi connectivity index (χ1) is 11.9. The molecular formula is C16H20Cl3N3O3S. The minimum atomic E-state index is -1.87. The summed E-state index contributed by atoms with van der Waals surface area (Å²) in [4.78, 5) is 24.0. The highest BCUT2D eigenvalue weighted by atomic mass is 35.6. The van der Waals surface area contributed by atoms with Gasteiger partial charge >= 0.3 is 5.97 Å². The zero-order chi connectivity index (χ0) is 20.1. The predicted octanol–water partition coefficient (Wildman–Crippen LogP) is 3.62. The Balaban J connectivity index is 2.92. The van der Waals surface area contributed by atoms with Crippen molar-refractivity contribution < 1.29 is 14.3 Å². The molecule has 144 valence electrons. The van der Waals surface area contributed by atoms with Gasteiger partial charge in [-0.1, -0.05) is 67.7 Å². The first kappa shape index (κ1) is 22.8. The second kappa shape index (κ2) is 9.08. The van der Waals surface area contributed by atoms with E-state index in [0.717, 1.165) is 0 Å². The topological polar surface area (TPSA) is 79.5 Å². The molecule has 0 aliphatic carbocycles. The molecule has 0 aliphatic rings. The van der Waals surface area contributed by atoms with Crippen LogP contribution in [-0.2, 0) is 9.53 Å². The van der Waals surface area contributed by atoms with Crippen LogP contribution < -0.4 is 16.0 Å². The van der Waals surface area contributed by atoms with Gasteiger partial charge in [-0.2, -0.15) is 0 Å². The standard InChI is InChI=1S/C16H20Cl3N3O3S/c1-15(2,3)13(24)21-12(16(17,18)19)22-14(26)20-10-8-6-5-7-9(10)11(23)25-4/h5-8,12H,1-4H3,(H,21,24)(H2,20,22,26)/t12-/m0/s1. The van der Waals surface area contributed by atoms with Gasteiger partial charge in [0.15, 0.2) is 5.11 Å². The van der Waals surface area contributed by atoms with Crippen LogP contribution in [-0.4, -0.2) is 34.1 Å². The number of carbonyl (C=O) groups is 2. The van der Waals surface area contributed by atoms with Crippen LogP contribution in [0.3, 0.4) is 0 Å². The number of benzene rings is 1. The van der Waals surface area contributed by atoms with Crippen molar-refractivity contribution >= 4 is 69.7 Å². The number of hydrogen-bond donors (Lipinski definition) is 3. The highest BCUT2D eigenvalue weighted by Gasteiger charge is 2.37. The van der Waals surface area contributed by atoms with Gasteiger partial charge in [0.25, 0.3) is 0 Å². The average molecular weight is 441 g/mol. The zero-order valence-corrected chi connectivity index (χ0v) is 17.7. The summed E-state index contributed by atoms with van der Waals surface area (Å²) in [6, 6.07) is 6.61. The summed E-state index contributed by atoms with van der Waals surface area (Å²) in [5.41, 5.74) is -0.00655. The van der Waals surface area contributed by atoms with Crippen molar-refractivity contribution in [3.05, 3.63) is 29.8 Å². The van der Waals surface area contributed by atoms with Crippen LogP contribution in [0.4, 0.5) is 5.69 Å². The van der Waals surface area contributed by atoms with E-state index in [-0.39, 0.29) is 16.6 Å². The third kappa shape index (κ3) is 6.79. The van der Waals surface area contributed by atoms with Crippen LogP contribution in [0.2, 0.25) is 0 Å². The average Bonchev–Trinajstić information content (AvgIpc) is 2.52. The number of alkyl halides is 3. The molecule has 3 N–H and O–H groups in total. The lowest BCUT2D eigenvalue weighted by molar-refractivity contribution is -0.129. The number of rotatable bonds is 4. The van der Waals surface area contributed by atoms with Gasteiger partial charge in [-0.25, -0.2) is 4.79 Å². The number of esters is 1. The maximum Gasteiger partial charge on any atom is 0.339 e. The lowest BCUT2D eigenvalue weighted by atomic mass is 9.95. The summed E-state index contributed by atoms with van der Waals surface area (Å²) in [6.07, 6.45) is -1.09. The number of anilines is 1. The summed E-state index contributed by atoms with van der Waals surface area (Å²) in [7, 11) is 1.27. The molecule has 6 nitrogen and oxygen atoms in total. The van der Waals surface area contributed by atoms with E-state index in [9.17, 15) is 9.59 Å². The largest absolute Gasteiger partial charge is 0.465 e. The molecule has 0 aliphatic heterocycles. The number of thiocarbonyl (C=S) groups is 1. The van der Waals surface area contributed by atoms with Gasteiger partial charge in [0.05, 0.1) is 18.4 Å². The minimum Gasteiger partial charge on any atom is -0.465 e. The Morgan fingerprint density at radius 3 is 2.19 bits per heavy atom. The van der Waals surface area contributed by atoms with Gasteiger partial charge < -0.3 is 20.7 Å². The molecule has 0 spiro atoms. The molecule has 0 aromatic heterocycles. The quantitative estimate of drug-likeness (QED) is 0.287. The number of ether oxygens (including phenoxy) is 1. The van der Waals surface area contributed by atoms with Crippen LogP contribution in [0.5, 0.6) is 0 Å². The van der Waals surface area contributed by atoms with Crippen LogP contribution in [0, 0.1) is 5.41 Å². The lowest BCUT2D eigenvalue weighted by Gasteiger charge is -2.30. The van der Waals surface area contributed by atoms with E-state index < -0.39 is 21.3 Å². The Kier molecular flexibility index (Phi) is 7.95. The summed E-state index contributed by atoms with van der Waals surface area (Å²) >= 11 is 23.0. The molecule has 1 aromatic carbocycles. The first-order valence-electron chi connectivity index (χ1n) is 7.49. The van der Waals surface area contributed by atoms with Crippen molar-refractivity contribution in [3.8, 4) is 0 Å². The van der Waals surface area contributed by atoms with Crippen LogP contribution in [0.1, 0.15) is 31.1 Å². The smallest absolute Gasteiger partial charge is 0.339 e. The SMILES string of the molecule is COC(=O)c1ccccc1NC(=S)N[C@H](NC(=O)C(C)(C)C)C(Cl)(Cl)Cl. The predicted molar refractivity (Wildman–Crippen MR) is 109 cm³/mol. The second-order valence-corrected chi connectivity index (χ2v) is 9.11. The Hall–Kier alpha value is -1.28. The molecule has 1 amide bonds. The number of amides is 1. The molecule has 0 radical (unpaired) electrons. The van der Waals surface area contributed by atoms with E-state index in [1.165, 1.54) is 7.11 Å². The molecule has 0 saturated carbocycles. The minimum absolute atomic E-state index is 0.0480. The Bertz CT molecular complexity index is 687. The first-order valence-corrected chi connectivity index (χ1v) is 9.03. The Morgan fingerprint density at radius 1 is 1.12 bits per heavy atom. The Labute approximate surface area is 172 Å². The van der Waals surface area contributed by atoms with Gasteiger partial charge in [0.1, 0.15) is 6.17 Å². The molecule has 10 heteroatoms. The van der Waals surface area contributed by atoms with Gasteiger partial charge in [0, 0.05) is 5.41 Å². The van der Waals surface area contributed by atoms with Crippen molar-refractivity contribution in [2.45, 2.75) is 30.7 Å². The highest BCUT2D eigenvalue weighted by molar-refractivity contribution is 7.80. The molecule has 1 aromatic rings. The van der Waals surface area contributed by atoms with Crippen molar-refractivity contribution in [2.75, 3.05) is 12.4 Å². The molecule has 26 heavy (non-hydrogen) atoms. The molecule has 0 heterocycles. The van der Waals surface area contributed by atoms with Crippen molar-refractivity contribution in [1.82, 2.24) is 10.6 Å². The van der Waals surface area contributed by atoms with Crippen molar-refractivity contribution in [1.29, 1.82) is 0 Å². The third-order valence-corrected chi connectivity index (χ3v) is 4.01. The van der Waals surface area contributed by atoms with Crippen LogP contribution in [0.15, 0.2) is 24.3 Å². The van der Waals surface area contributed by atoms with Gasteiger partial charge in [-0.3, -0.25) is 4.79 Å². The van der Waals surface area contributed by atoms with Crippen LogP contribution in [0.25, 0.3) is 0 Å². The van der Waals surface area contributed by atoms with E-state index >= 15 is 0 Å². The third-order valence-electron chi connectivity index (χ3n) is 3.14. The fraction of sp³-hybridized carbons (Fsp3) is 0.438. The highest BCUT2D eigenvalue weighted by Crippen LogP contribution is 2.30. The second-order valence-electron chi connectivity index (χ2n) is 6.33. The van der Waals surface area contributed by atoms with Crippen molar-refractivity contribution in [3.63, 3.8) is 0 Å². The number of methoxy groups -OCH3 is 1. The maximum absolute atomic E-state index is 12.2. The van der Waals surface area contributed by atoms with Gasteiger partial charge in [-0.15, -0.1) is 0 Å². The summed E-state index contributed by atoms with van der Waals surface area (Å²) in [5, 5.41) is 8.21. The summed E-state index contributed by atoms with van der Waals surface area (Å²) < 4.78 is 2.85. The van der Waals surface area contributed by atoms with E-state index in [1.807, 2.05) is 0 Å². The lowest BCUT2D eigenvalue weighted by Crippen LogP contribution is -2.58. The molecular weight excluding hydrogens is 421 g/mol. The molecule has 0 bridgehead atoms. The molecule has 0 saturated heterocycles. The van der Waals surface area contributed by atoms with E-state index in [4.69, 9.17) is 51.8 Å². The number of carbonyl (C=O) groups excluding carboxylic acids is 2. The Morgan fingerprint density at radius 2 is 1.69 bits per heavy atom. The number of halogens is 3. The van der Waals surface area contributed by atoms with E-state index in [1.54, 1.807) is 45.0 Å². The van der Waals surface area contributed by atoms with Gasteiger partial charge in [0.2, 0.25) is 9.70 Å². The van der Waals surface area contributed by atoms with Crippen molar-refractivity contribution in [2.24, 2.45) is 5.41 Å². The summed E-state index contributed by atoms with van der Waals surface area (Å²) in [6.45, 7) is 5.17. The zero-order valence-electron chi connectivity index (χ0n) is 14.7. The van der Waals surface area contributed by atoms with E-state index in [0.29, 0.717) is 5.69 Å². The fourth-order valence-electron chi connectivity index (χ4n) is 1.72. The van der Waals surface area contributed by atoms with E-state index in [2.05, 4.69) is 16.0 Å². The molecule has 0 fully saturated rings. The number of hydrogen-bond acceptors (Lipinski definition) is 4. The molecule has 1 atom stereocenters. The monoisotopic (exact) mass is 439 g/mol. The summed E-state index contributed by atoms with van der Waals surface area (Å²) in [5.74, 6) is -0.867. The maximum atomic E-state index is 12.2. The molecule has 1 rings (SSSR count). The fourth-order valence-corrected chi connectivity index (χ4v) is 2.27. The van der Waals surface area contributed by atoms with Crippen LogP contribution >= 0.6 is 47.0 Å².